The summed E-state index contributed by atoms with van der Waals surface area (Å²) in [6, 6.07) is 52.5. The molecule has 4 aromatic heterocycles. The SMILES string of the molecule is Cn1c2ccccc2c2ccc3c4ccccc4n(-c4cc(C#N)c(-c5c(C#N)cccc5C(F)(F)F)cc4-n4c5ccccc5c5ccc6c7ccccc7n(C)c6c54)c3c21. The predicted octanol–water partition coefficient (Wildman–Crippen LogP) is 13.6. The lowest BCUT2D eigenvalue weighted by Crippen LogP contribution is -2.10. The summed E-state index contributed by atoms with van der Waals surface area (Å²) in [5.74, 6) is 0. The number of rotatable bonds is 3. The van der Waals surface area contributed by atoms with Crippen LogP contribution in [-0.4, -0.2) is 18.3 Å². The molecule has 0 fully saturated rings. The second kappa shape index (κ2) is 12.6. The van der Waals surface area contributed by atoms with E-state index in [4.69, 9.17) is 0 Å². The van der Waals surface area contributed by atoms with Gasteiger partial charge >= 0.3 is 6.18 Å². The van der Waals surface area contributed by atoms with Crippen LogP contribution in [0, 0.1) is 22.7 Å². The average Bonchev–Trinajstić information content (AvgIpc) is 4.00. The Morgan fingerprint density at radius 1 is 0.419 bits per heavy atom. The van der Waals surface area contributed by atoms with E-state index in [0.717, 1.165) is 93.3 Å². The van der Waals surface area contributed by atoms with Crippen molar-refractivity contribution in [1.82, 2.24) is 18.3 Å². The number of fused-ring (bicyclic) bond motifs is 14. The van der Waals surface area contributed by atoms with E-state index in [1.807, 2.05) is 73.8 Å². The van der Waals surface area contributed by atoms with Crippen LogP contribution in [-0.2, 0) is 20.3 Å². The molecule has 0 aliphatic carbocycles. The molecule has 0 spiro atoms. The highest BCUT2D eigenvalue weighted by molar-refractivity contribution is 6.25. The topological polar surface area (TPSA) is 67.3 Å². The first kappa shape index (κ1) is 35.7. The van der Waals surface area contributed by atoms with E-state index in [0.29, 0.717) is 11.4 Å². The average molecular weight is 809 g/mol. The summed E-state index contributed by atoms with van der Waals surface area (Å²) >= 11 is 0. The van der Waals surface area contributed by atoms with Crippen LogP contribution in [0.5, 0.6) is 0 Å². The van der Waals surface area contributed by atoms with Crippen molar-refractivity contribution in [3.8, 4) is 34.6 Å². The molecule has 0 bridgehead atoms. The van der Waals surface area contributed by atoms with E-state index >= 15 is 13.2 Å². The van der Waals surface area contributed by atoms with E-state index in [1.54, 1.807) is 12.1 Å². The molecule has 0 N–H and O–H groups in total. The Bertz CT molecular complexity index is 4030. The van der Waals surface area contributed by atoms with Crippen molar-refractivity contribution in [3.63, 3.8) is 0 Å². The molecular formula is C53H31F3N6. The van der Waals surface area contributed by atoms with Gasteiger partial charge < -0.3 is 18.3 Å². The number of benzene rings is 8. The molecule has 0 saturated carbocycles. The van der Waals surface area contributed by atoms with Crippen LogP contribution in [0.3, 0.4) is 0 Å². The fourth-order valence-corrected chi connectivity index (χ4v) is 10.3. The molecule has 294 valence electrons. The summed E-state index contributed by atoms with van der Waals surface area (Å²) < 4.78 is 54.0. The molecule has 0 radical (unpaired) electrons. The first-order valence-corrected chi connectivity index (χ1v) is 20.2. The van der Waals surface area contributed by atoms with Gasteiger partial charge in [0.2, 0.25) is 0 Å². The first-order valence-electron chi connectivity index (χ1n) is 20.2. The van der Waals surface area contributed by atoms with Crippen molar-refractivity contribution < 1.29 is 13.2 Å². The van der Waals surface area contributed by atoms with Crippen LogP contribution in [0.4, 0.5) is 13.2 Å². The molecule has 4 heterocycles. The lowest BCUT2D eigenvalue weighted by atomic mass is 9.90. The molecule has 0 atom stereocenters. The van der Waals surface area contributed by atoms with Crippen LogP contribution in [0.2, 0.25) is 0 Å². The highest BCUT2D eigenvalue weighted by Gasteiger charge is 2.36. The molecule has 62 heavy (non-hydrogen) atoms. The second-order valence-electron chi connectivity index (χ2n) is 15.9. The summed E-state index contributed by atoms with van der Waals surface area (Å²) in [7, 11) is 4.10. The smallest absolute Gasteiger partial charge is 0.342 e. The Morgan fingerprint density at radius 2 is 0.823 bits per heavy atom. The maximum atomic E-state index is 15.1. The summed E-state index contributed by atoms with van der Waals surface area (Å²) in [5, 5.41) is 29.6. The number of alkyl halides is 3. The maximum Gasteiger partial charge on any atom is 0.417 e. The van der Waals surface area contributed by atoms with Gasteiger partial charge in [-0.3, -0.25) is 0 Å². The Hall–Kier alpha value is -8.27. The van der Waals surface area contributed by atoms with Gasteiger partial charge in [-0.1, -0.05) is 103 Å². The van der Waals surface area contributed by atoms with Crippen molar-refractivity contribution in [2.75, 3.05) is 0 Å². The minimum Gasteiger partial charge on any atom is -0.342 e. The van der Waals surface area contributed by atoms with Crippen LogP contribution in [0.1, 0.15) is 16.7 Å². The largest absolute Gasteiger partial charge is 0.417 e. The quantitative estimate of drug-likeness (QED) is 0.178. The highest BCUT2D eigenvalue weighted by atomic mass is 19.4. The van der Waals surface area contributed by atoms with Gasteiger partial charge in [0.05, 0.1) is 73.3 Å². The van der Waals surface area contributed by atoms with E-state index in [-0.39, 0.29) is 22.3 Å². The third-order valence-corrected chi connectivity index (χ3v) is 12.9. The molecule has 9 heteroatoms. The van der Waals surface area contributed by atoms with Gasteiger partial charge in [0, 0.05) is 79.3 Å². The van der Waals surface area contributed by atoms with Gasteiger partial charge in [0.1, 0.15) is 0 Å². The Morgan fingerprint density at radius 3 is 1.27 bits per heavy atom. The predicted molar refractivity (Wildman–Crippen MR) is 243 cm³/mol. The third kappa shape index (κ3) is 4.62. The number of nitrogens with zero attached hydrogens (tertiary/aromatic N) is 6. The maximum absolute atomic E-state index is 15.1. The lowest BCUT2D eigenvalue weighted by molar-refractivity contribution is -0.137. The zero-order valence-corrected chi connectivity index (χ0v) is 33.3. The molecule has 0 aliphatic heterocycles. The first-order chi connectivity index (χ1) is 30.2. The summed E-state index contributed by atoms with van der Waals surface area (Å²) in [4.78, 5) is 0. The zero-order valence-electron chi connectivity index (χ0n) is 33.3. The molecule has 0 aliphatic rings. The van der Waals surface area contributed by atoms with Crippen molar-refractivity contribution in [2.24, 2.45) is 14.1 Å². The molecule has 6 nitrogen and oxygen atoms in total. The van der Waals surface area contributed by atoms with Crippen LogP contribution in [0.25, 0.3) is 110 Å². The molecule has 0 unspecified atom stereocenters. The van der Waals surface area contributed by atoms with E-state index < -0.39 is 11.7 Å². The van der Waals surface area contributed by atoms with Crippen LogP contribution in [0.15, 0.2) is 152 Å². The standard InChI is InChI=1S/C53H31F3N6/c1-59-42-18-7-3-13-32(42)36-22-24-38-34-15-5-9-20-44(34)61(51(38)49(36)59)46-26-31(29-58)40(48-30(28-57)12-11-17-41(48)53(54,55)56)27-47(46)62-45-21-10-6-16-35(45)39-25-23-37-33-14-4-8-19-43(33)60(2)50(37)52(39)62/h3-27H,1-2H3. The molecule has 12 aromatic rings. The number of aromatic nitrogens is 4. The number of halogens is 3. The van der Waals surface area contributed by atoms with Crippen molar-refractivity contribution in [2.45, 2.75) is 6.18 Å². The van der Waals surface area contributed by atoms with Crippen LogP contribution < -0.4 is 0 Å². The number of para-hydroxylation sites is 4. The molecular weight excluding hydrogens is 778 g/mol. The number of hydrogen-bond acceptors (Lipinski definition) is 2. The Balaban J connectivity index is 1.35. The third-order valence-electron chi connectivity index (χ3n) is 12.9. The van der Waals surface area contributed by atoms with E-state index in [9.17, 15) is 10.5 Å². The van der Waals surface area contributed by atoms with Gasteiger partial charge in [-0.15, -0.1) is 0 Å². The van der Waals surface area contributed by atoms with Crippen molar-refractivity contribution in [3.05, 3.63) is 168 Å². The van der Waals surface area contributed by atoms with Crippen molar-refractivity contribution in [1.29, 1.82) is 10.5 Å². The van der Waals surface area contributed by atoms with Gasteiger partial charge in [-0.25, -0.2) is 0 Å². The minimum atomic E-state index is -4.82. The normalized spacial score (nSPS) is 12.2. The Kier molecular flexibility index (Phi) is 7.26. The van der Waals surface area contributed by atoms with Crippen molar-refractivity contribution >= 4 is 87.2 Å². The fraction of sp³-hybridized carbons (Fsp3) is 0.0566. The van der Waals surface area contributed by atoms with Gasteiger partial charge in [-0.2, -0.15) is 23.7 Å². The zero-order chi connectivity index (χ0) is 42.2. The summed E-state index contributed by atoms with van der Waals surface area (Å²) in [6.45, 7) is 0. The molecule has 8 aromatic carbocycles. The lowest BCUT2D eigenvalue weighted by Gasteiger charge is -2.22. The molecule has 12 rings (SSSR count). The monoisotopic (exact) mass is 808 g/mol. The van der Waals surface area contributed by atoms with Gasteiger partial charge in [-0.05, 0) is 48.5 Å². The molecule has 0 saturated heterocycles. The Labute approximate surface area is 351 Å². The fourth-order valence-electron chi connectivity index (χ4n) is 10.3. The van der Waals surface area contributed by atoms with E-state index in [2.05, 4.69) is 92.0 Å². The van der Waals surface area contributed by atoms with Gasteiger partial charge in [0.25, 0.3) is 0 Å². The summed E-state index contributed by atoms with van der Waals surface area (Å²) in [5.41, 5.74) is 7.11. The number of aryl methyl sites for hydroxylation is 2. The van der Waals surface area contributed by atoms with Crippen LogP contribution >= 0.6 is 0 Å². The number of hydrogen-bond donors (Lipinski definition) is 0. The summed E-state index contributed by atoms with van der Waals surface area (Å²) in [6.07, 6.45) is -4.82. The second-order valence-corrected chi connectivity index (χ2v) is 15.9. The molecule has 0 amide bonds. The highest BCUT2D eigenvalue weighted by Crippen LogP contribution is 2.47. The number of nitriles is 2. The van der Waals surface area contributed by atoms with Gasteiger partial charge in [0.15, 0.2) is 0 Å². The van der Waals surface area contributed by atoms with E-state index in [1.165, 1.54) is 12.1 Å². The minimum absolute atomic E-state index is 0.00242.